The minimum atomic E-state index is 0.105. The SMILES string of the molecule is CC(C)C[C@@H](CO)NCC1=CCC2=C1N=CCC2=O. The van der Waals surface area contributed by atoms with Crippen LogP contribution in [0.2, 0.25) is 0 Å². The fourth-order valence-electron chi connectivity index (χ4n) is 2.56. The second-order valence-electron chi connectivity index (χ2n) is 5.59. The largest absolute Gasteiger partial charge is 0.395 e. The van der Waals surface area contributed by atoms with E-state index in [2.05, 4.69) is 30.2 Å². The van der Waals surface area contributed by atoms with Crippen LogP contribution in [0.25, 0.3) is 0 Å². The Bertz CT molecular complexity index is 447. The normalized spacial score (nSPS) is 20.0. The van der Waals surface area contributed by atoms with Gasteiger partial charge in [0.1, 0.15) is 0 Å². The molecule has 4 heteroatoms. The minimum Gasteiger partial charge on any atom is -0.395 e. The summed E-state index contributed by atoms with van der Waals surface area (Å²) in [5.74, 6) is 0.739. The molecule has 1 atom stereocenters. The van der Waals surface area contributed by atoms with E-state index in [0.717, 1.165) is 23.3 Å². The molecule has 0 unspecified atom stereocenters. The monoisotopic (exact) mass is 262 g/mol. The highest BCUT2D eigenvalue weighted by Crippen LogP contribution is 2.30. The number of hydrogen-bond donors (Lipinski definition) is 2. The zero-order chi connectivity index (χ0) is 13.8. The Morgan fingerprint density at radius 2 is 2.21 bits per heavy atom. The van der Waals surface area contributed by atoms with E-state index in [9.17, 15) is 9.90 Å². The van der Waals surface area contributed by atoms with Crippen molar-refractivity contribution in [3.05, 3.63) is 22.9 Å². The van der Waals surface area contributed by atoms with Crippen LogP contribution in [0, 0.1) is 5.92 Å². The number of aliphatic hydroxyl groups excluding tert-OH is 1. The maximum absolute atomic E-state index is 11.7. The van der Waals surface area contributed by atoms with Gasteiger partial charge in [-0.15, -0.1) is 0 Å². The fraction of sp³-hybridized carbons (Fsp3) is 0.600. The zero-order valence-electron chi connectivity index (χ0n) is 11.6. The van der Waals surface area contributed by atoms with Crippen LogP contribution in [0.15, 0.2) is 27.9 Å². The molecule has 0 aromatic rings. The Morgan fingerprint density at radius 1 is 1.42 bits per heavy atom. The lowest BCUT2D eigenvalue weighted by molar-refractivity contribution is -0.114. The van der Waals surface area contributed by atoms with E-state index in [4.69, 9.17) is 0 Å². The summed E-state index contributed by atoms with van der Waals surface area (Å²) < 4.78 is 0. The minimum absolute atomic E-state index is 0.105. The molecule has 1 aliphatic carbocycles. The van der Waals surface area contributed by atoms with Gasteiger partial charge in [0.25, 0.3) is 0 Å². The van der Waals surface area contributed by atoms with Crippen molar-refractivity contribution in [2.45, 2.75) is 39.2 Å². The topological polar surface area (TPSA) is 61.7 Å². The lowest BCUT2D eigenvalue weighted by Gasteiger charge is -2.19. The second kappa shape index (κ2) is 6.26. The lowest BCUT2D eigenvalue weighted by Crippen LogP contribution is -2.35. The van der Waals surface area contributed by atoms with E-state index >= 15 is 0 Å². The van der Waals surface area contributed by atoms with Crippen molar-refractivity contribution in [3.8, 4) is 0 Å². The van der Waals surface area contributed by atoms with E-state index in [0.29, 0.717) is 25.3 Å². The summed E-state index contributed by atoms with van der Waals surface area (Å²) in [5, 5.41) is 12.7. The van der Waals surface area contributed by atoms with Gasteiger partial charge in [0.15, 0.2) is 5.78 Å². The van der Waals surface area contributed by atoms with Gasteiger partial charge < -0.3 is 10.4 Å². The van der Waals surface area contributed by atoms with Crippen LogP contribution in [-0.2, 0) is 4.79 Å². The molecular weight excluding hydrogens is 240 g/mol. The smallest absolute Gasteiger partial charge is 0.166 e. The number of carbonyl (C=O) groups excluding carboxylic acids is 1. The third-order valence-electron chi connectivity index (χ3n) is 3.53. The maximum atomic E-state index is 11.7. The molecule has 0 fully saturated rings. The van der Waals surface area contributed by atoms with Crippen molar-refractivity contribution in [2.24, 2.45) is 10.9 Å². The third kappa shape index (κ3) is 3.39. The first-order chi connectivity index (χ1) is 9.11. The van der Waals surface area contributed by atoms with Crippen molar-refractivity contribution < 1.29 is 9.90 Å². The van der Waals surface area contributed by atoms with Gasteiger partial charge in [-0.25, -0.2) is 0 Å². The van der Waals surface area contributed by atoms with Crippen LogP contribution >= 0.6 is 0 Å². The van der Waals surface area contributed by atoms with Crippen LogP contribution in [-0.4, -0.2) is 36.3 Å². The summed E-state index contributed by atoms with van der Waals surface area (Å²) in [7, 11) is 0. The van der Waals surface area contributed by atoms with Crippen molar-refractivity contribution in [3.63, 3.8) is 0 Å². The van der Waals surface area contributed by atoms with Crippen LogP contribution < -0.4 is 5.32 Å². The first-order valence-corrected chi connectivity index (χ1v) is 6.94. The highest BCUT2D eigenvalue weighted by molar-refractivity contribution is 6.07. The molecule has 0 saturated carbocycles. The van der Waals surface area contributed by atoms with E-state index in [1.54, 1.807) is 6.21 Å². The summed E-state index contributed by atoms with van der Waals surface area (Å²) in [6.45, 7) is 5.09. The van der Waals surface area contributed by atoms with E-state index in [1.165, 1.54) is 0 Å². The lowest BCUT2D eigenvalue weighted by atomic mass is 10.0. The number of hydrogen-bond acceptors (Lipinski definition) is 4. The fourth-order valence-corrected chi connectivity index (χ4v) is 2.56. The van der Waals surface area contributed by atoms with Gasteiger partial charge in [-0.2, -0.15) is 0 Å². The number of Topliss-reactive ketones (excluding diaryl/α,β-unsaturated/α-hetero) is 1. The van der Waals surface area contributed by atoms with Crippen molar-refractivity contribution >= 4 is 12.0 Å². The number of nitrogens with zero attached hydrogens (tertiary/aromatic N) is 1. The van der Waals surface area contributed by atoms with Crippen molar-refractivity contribution in [1.29, 1.82) is 0 Å². The molecule has 0 saturated heterocycles. The number of allylic oxidation sites excluding steroid dienone is 2. The molecule has 2 rings (SSSR count). The summed E-state index contributed by atoms with van der Waals surface area (Å²) >= 11 is 0. The molecule has 19 heavy (non-hydrogen) atoms. The van der Waals surface area contributed by atoms with Crippen molar-refractivity contribution in [1.82, 2.24) is 5.32 Å². The average Bonchev–Trinajstić information content (AvgIpc) is 2.79. The van der Waals surface area contributed by atoms with Crippen LogP contribution in [0.5, 0.6) is 0 Å². The van der Waals surface area contributed by atoms with E-state index < -0.39 is 0 Å². The Labute approximate surface area is 114 Å². The number of rotatable bonds is 6. The van der Waals surface area contributed by atoms with Crippen LogP contribution in [0.4, 0.5) is 0 Å². The quantitative estimate of drug-likeness (QED) is 0.764. The summed E-state index contributed by atoms with van der Waals surface area (Å²) in [5.41, 5.74) is 2.79. The zero-order valence-corrected chi connectivity index (χ0v) is 11.6. The molecule has 1 aliphatic heterocycles. The number of nitrogens with one attached hydrogen (secondary N) is 1. The Kier molecular flexibility index (Phi) is 4.66. The summed E-state index contributed by atoms with van der Waals surface area (Å²) in [4.78, 5) is 16.1. The Hall–Kier alpha value is -1.26. The van der Waals surface area contributed by atoms with Gasteiger partial charge >= 0.3 is 0 Å². The molecule has 0 bridgehead atoms. The molecule has 0 radical (unpaired) electrons. The molecule has 1 heterocycles. The Morgan fingerprint density at radius 3 is 2.89 bits per heavy atom. The first kappa shape index (κ1) is 14.2. The van der Waals surface area contributed by atoms with Gasteiger partial charge in [-0.05, 0) is 24.3 Å². The molecule has 4 nitrogen and oxygen atoms in total. The van der Waals surface area contributed by atoms with Gasteiger partial charge in [-0.1, -0.05) is 19.9 Å². The maximum Gasteiger partial charge on any atom is 0.166 e. The molecule has 2 aliphatic rings. The van der Waals surface area contributed by atoms with Gasteiger partial charge in [0.05, 0.1) is 12.3 Å². The van der Waals surface area contributed by atoms with Gasteiger partial charge in [0, 0.05) is 30.8 Å². The van der Waals surface area contributed by atoms with Crippen molar-refractivity contribution in [2.75, 3.05) is 13.2 Å². The first-order valence-electron chi connectivity index (χ1n) is 6.94. The standard InChI is InChI=1S/C15H22N2O2/c1-10(2)7-12(9-18)17-8-11-3-4-13-14(19)5-6-16-15(11)13/h3,6,10,12,17-18H,4-5,7-9H2,1-2H3/t12-/m0/s1. The predicted molar refractivity (Wildman–Crippen MR) is 76.2 cm³/mol. The highest BCUT2D eigenvalue weighted by Gasteiger charge is 2.24. The molecule has 2 N–H and O–H groups in total. The number of aliphatic imine (C=N–C) groups is 1. The van der Waals surface area contributed by atoms with Crippen LogP contribution in [0.3, 0.4) is 0 Å². The molecule has 0 amide bonds. The summed E-state index contributed by atoms with van der Waals surface area (Å²) in [6.07, 6.45) is 5.84. The predicted octanol–water partition coefficient (Wildman–Crippen LogP) is 1.61. The average molecular weight is 262 g/mol. The third-order valence-corrected chi connectivity index (χ3v) is 3.53. The summed E-state index contributed by atoms with van der Waals surface area (Å²) in [6, 6.07) is 0.105. The number of ketones is 1. The molecule has 0 aromatic heterocycles. The number of aliphatic hydroxyl groups is 1. The molecule has 0 aromatic carbocycles. The highest BCUT2D eigenvalue weighted by atomic mass is 16.3. The van der Waals surface area contributed by atoms with Gasteiger partial charge in [0.2, 0.25) is 0 Å². The Balaban J connectivity index is 1.94. The second-order valence-corrected chi connectivity index (χ2v) is 5.59. The van der Waals surface area contributed by atoms with Crippen LogP contribution in [0.1, 0.15) is 33.1 Å². The molecular formula is C15H22N2O2. The molecule has 0 spiro atoms. The van der Waals surface area contributed by atoms with Gasteiger partial charge in [-0.3, -0.25) is 9.79 Å². The number of carbonyl (C=O) groups is 1. The molecule has 104 valence electrons. The van der Waals surface area contributed by atoms with E-state index in [1.807, 2.05) is 0 Å². The van der Waals surface area contributed by atoms with E-state index in [-0.39, 0.29) is 18.4 Å².